The van der Waals surface area contributed by atoms with Crippen molar-refractivity contribution in [1.82, 2.24) is 10.2 Å². The van der Waals surface area contributed by atoms with E-state index in [1.807, 2.05) is 0 Å². The lowest BCUT2D eigenvalue weighted by Gasteiger charge is -2.24. The number of aliphatic hydroxyl groups excluding tert-OH is 1. The van der Waals surface area contributed by atoms with Crippen LogP contribution in [0.4, 0.5) is 0 Å². The molecule has 0 spiro atoms. The van der Waals surface area contributed by atoms with Gasteiger partial charge in [0.1, 0.15) is 0 Å². The highest BCUT2D eigenvalue weighted by atomic mass is 16.3. The van der Waals surface area contributed by atoms with Gasteiger partial charge in [0.25, 0.3) is 0 Å². The van der Waals surface area contributed by atoms with E-state index < -0.39 is 0 Å². The summed E-state index contributed by atoms with van der Waals surface area (Å²) in [5.74, 6) is 0.856. The molecule has 0 unspecified atom stereocenters. The summed E-state index contributed by atoms with van der Waals surface area (Å²) in [6.07, 6.45) is 3.97. The van der Waals surface area contributed by atoms with Crippen LogP contribution in [0.1, 0.15) is 19.3 Å². The smallest absolute Gasteiger partial charge is 0.0558 e. The molecule has 0 radical (unpaired) electrons. The quantitative estimate of drug-likeness (QED) is 0.648. The van der Waals surface area contributed by atoms with Crippen LogP contribution in [-0.2, 0) is 0 Å². The predicted molar refractivity (Wildman–Crippen MR) is 54.8 cm³/mol. The molecule has 3 heteroatoms. The van der Waals surface area contributed by atoms with Gasteiger partial charge in [-0.15, -0.1) is 0 Å². The van der Waals surface area contributed by atoms with E-state index in [1.165, 1.54) is 32.4 Å². The zero-order chi connectivity index (χ0) is 9.52. The van der Waals surface area contributed by atoms with Gasteiger partial charge in [-0.05, 0) is 51.9 Å². The minimum Gasteiger partial charge on any atom is -0.395 e. The van der Waals surface area contributed by atoms with Gasteiger partial charge < -0.3 is 15.3 Å². The van der Waals surface area contributed by atoms with E-state index in [9.17, 15) is 0 Å². The second kappa shape index (κ2) is 6.35. The Balaban J connectivity index is 2.03. The zero-order valence-corrected chi connectivity index (χ0v) is 8.63. The van der Waals surface area contributed by atoms with Crippen molar-refractivity contribution in [1.29, 1.82) is 0 Å². The Hall–Kier alpha value is -0.120. The molecule has 1 heterocycles. The second-order valence-electron chi connectivity index (χ2n) is 4.03. The lowest BCUT2D eigenvalue weighted by atomic mass is 9.96. The lowest BCUT2D eigenvalue weighted by Crippen LogP contribution is -2.32. The lowest BCUT2D eigenvalue weighted by molar-refractivity contribution is 0.207. The molecule has 13 heavy (non-hydrogen) atoms. The number of hydrogen-bond acceptors (Lipinski definition) is 3. The molecule has 0 bridgehead atoms. The molecule has 1 saturated heterocycles. The minimum atomic E-state index is 0.277. The first-order valence-corrected chi connectivity index (χ1v) is 5.33. The van der Waals surface area contributed by atoms with Crippen LogP contribution in [0.2, 0.25) is 0 Å². The number of likely N-dealkylation sites (N-methyl/N-ethyl adjacent to an activating group) is 1. The summed E-state index contributed by atoms with van der Waals surface area (Å²) in [6, 6.07) is 0. The van der Waals surface area contributed by atoms with E-state index >= 15 is 0 Å². The van der Waals surface area contributed by atoms with Crippen molar-refractivity contribution >= 4 is 0 Å². The first-order valence-electron chi connectivity index (χ1n) is 5.33. The van der Waals surface area contributed by atoms with Gasteiger partial charge in [0.2, 0.25) is 0 Å². The fourth-order valence-electron chi connectivity index (χ4n) is 1.86. The molecule has 0 aromatic rings. The summed E-state index contributed by atoms with van der Waals surface area (Å²) in [5.41, 5.74) is 0. The summed E-state index contributed by atoms with van der Waals surface area (Å²) < 4.78 is 0. The van der Waals surface area contributed by atoms with Crippen LogP contribution in [-0.4, -0.2) is 49.8 Å². The van der Waals surface area contributed by atoms with Crippen LogP contribution in [0.15, 0.2) is 0 Å². The normalized spacial score (nSPS) is 23.8. The maximum atomic E-state index is 8.72. The molecule has 0 aromatic carbocycles. The van der Waals surface area contributed by atoms with Gasteiger partial charge in [-0.25, -0.2) is 0 Å². The van der Waals surface area contributed by atoms with Crippen molar-refractivity contribution in [2.45, 2.75) is 19.3 Å². The summed E-state index contributed by atoms with van der Waals surface area (Å²) in [5, 5.41) is 12.1. The van der Waals surface area contributed by atoms with Crippen LogP contribution in [0, 0.1) is 5.92 Å². The summed E-state index contributed by atoms with van der Waals surface area (Å²) in [4.78, 5) is 2.20. The molecule has 0 aromatic heterocycles. The fourth-order valence-corrected chi connectivity index (χ4v) is 1.86. The number of hydrogen-bond donors (Lipinski definition) is 2. The fraction of sp³-hybridized carbons (Fsp3) is 1.00. The number of piperidine rings is 1. The van der Waals surface area contributed by atoms with Gasteiger partial charge in [0.15, 0.2) is 0 Å². The maximum Gasteiger partial charge on any atom is 0.0558 e. The van der Waals surface area contributed by atoms with Gasteiger partial charge in [0.05, 0.1) is 6.61 Å². The second-order valence-corrected chi connectivity index (χ2v) is 4.03. The Labute approximate surface area is 81.1 Å². The molecular weight excluding hydrogens is 164 g/mol. The number of rotatable bonds is 5. The maximum absolute atomic E-state index is 8.72. The summed E-state index contributed by atoms with van der Waals surface area (Å²) in [6.45, 7) is 4.59. The molecule has 0 saturated carbocycles. The highest BCUT2D eigenvalue weighted by molar-refractivity contribution is 4.69. The zero-order valence-electron chi connectivity index (χ0n) is 8.63. The van der Waals surface area contributed by atoms with Crippen molar-refractivity contribution < 1.29 is 5.11 Å². The van der Waals surface area contributed by atoms with Gasteiger partial charge >= 0.3 is 0 Å². The molecule has 1 aliphatic rings. The molecule has 1 fully saturated rings. The molecule has 0 aliphatic carbocycles. The SMILES string of the molecule is CN(CCO)CC[C@H]1CCCNC1. The van der Waals surface area contributed by atoms with E-state index in [1.54, 1.807) is 0 Å². The van der Waals surface area contributed by atoms with E-state index in [-0.39, 0.29) is 6.61 Å². The molecule has 3 nitrogen and oxygen atoms in total. The standard InChI is InChI=1S/C10H22N2O/c1-12(7-8-13)6-4-10-3-2-5-11-9-10/h10-11,13H,2-9H2,1H3/t10-/m1/s1. The first-order chi connectivity index (χ1) is 6.33. The van der Waals surface area contributed by atoms with Crippen molar-refractivity contribution in [2.24, 2.45) is 5.92 Å². The van der Waals surface area contributed by atoms with Crippen LogP contribution in [0.25, 0.3) is 0 Å². The Morgan fingerprint density at radius 3 is 2.92 bits per heavy atom. The molecule has 1 aliphatic heterocycles. The summed E-state index contributed by atoms with van der Waals surface area (Å²) >= 11 is 0. The molecule has 1 rings (SSSR count). The van der Waals surface area contributed by atoms with Gasteiger partial charge in [-0.3, -0.25) is 0 Å². The Morgan fingerprint density at radius 2 is 2.31 bits per heavy atom. The van der Waals surface area contributed by atoms with Crippen LogP contribution >= 0.6 is 0 Å². The molecule has 78 valence electrons. The average molecular weight is 186 g/mol. The molecule has 1 atom stereocenters. The number of nitrogens with zero attached hydrogens (tertiary/aromatic N) is 1. The van der Waals surface area contributed by atoms with Crippen molar-refractivity contribution in [2.75, 3.05) is 39.8 Å². The van der Waals surface area contributed by atoms with Gasteiger partial charge in [-0.1, -0.05) is 0 Å². The van der Waals surface area contributed by atoms with Crippen LogP contribution in [0.5, 0.6) is 0 Å². The third kappa shape index (κ3) is 4.60. The first kappa shape index (κ1) is 11.0. The van der Waals surface area contributed by atoms with Crippen LogP contribution in [0.3, 0.4) is 0 Å². The van der Waals surface area contributed by atoms with E-state index in [4.69, 9.17) is 5.11 Å². The van der Waals surface area contributed by atoms with Crippen molar-refractivity contribution in [3.8, 4) is 0 Å². The van der Waals surface area contributed by atoms with E-state index in [2.05, 4.69) is 17.3 Å². The Bertz CT molecular complexity index is 124. The number of nitrogens with one attached hydrogen (secondary N) is 1. The Kier molecular flexibility index (Phi) is 5.35. The average Bonchev–Trinajstić information content (AvgIpc) is 2.17. The largest absolute Gasteiger partial charge is 0.395 e. The van der Waals surface area contributed by atoms with Crippen molar-refractivity contribution in [3.63, 3.8) is 0 Å². The molecule has 2 N–H and O–H groups in total. The topological polar surface area (TPSA) is 35.5 Å². The highest BCUT2D eigenvalue weighted by Crippen LogP contribution is 2.13. The predicted octanol–water partition coefficient (Wildman–Crippen LogP) is 0.300. The Morgan fingerprint density at radius 1 is 1.46 bits per heavy atom. The van der Waals surface area contributed by atoms with Gasteiger partial charge in [0, 0.05) is 6.54 Å². The number of aliphatic hydroxyl groups is 1. The third-order valence-corrected chi connectivity index (χ3v) is 2.80. The molecule has 0 amide bonds. The van der Waals surface area contributed by atoms with Gasteiger partial charge in [-0.2, -0.15) is 0 Å². The minimum absolute atomic E-state index is 0.277. The monoisotopic (exact) mass is 186 g/mol. The summed E-state index contributed by atoms with van der Waals surface area (Å²) in [7, 11) is 2.08. The van der Waals surface area contributed by atoms with Crippen LogP contribution < -0.4 is 5.32 Å². The van der Waals surface area contributed by atoms with E-state index in [0.29, 0.717) is 0 Å². The molecular formula is C10H22N2O. The highest BCUT2D eigenvalue weighted by Gasteiger charge is 2.12. The van der Waals surface area contributed by atoms with E-state index in [0.717, 1.165) is 19.0 Å². The third-order valence-electron chi connectivity index (χ3n) is 2.80. The van der Waals surface area contributed by atoms with Crippen molar-refractivity contribution in [3.05, 3.63) is 0 Å².